The Kier molecular flexibility index (Phi) is 14.0. The van der Waals surface area contributed by atoms with Crippen LogP contribution < -0.4 is 16.0 Å². The molecule has 3 N–H and O–H groups in total. The highest BCUT2D eigenvalue weighted by Crippen LogP contribution is 2.17. The number of hydrogen-bond acceptors (Lipinski definition) is 8. The minimum Gasteiger partial charge on any atom is -0.385 e. The van der Waals surface area contributed by atoms with Crippen LogP contribution in [0.25, 0.3) is 0 Å². The molecular weight excluding hydrogens is 501 g/mol. The maximum Gasteiger partial charge on any atom is 0.246 e. The van der Waals surface area contributed by atoms with Crippen molar-refractivity contribution in [2.24, 2.45) is 0 Å². The van der Waals surface area contributed by atoms with Crippen molar-refractivity contribution in [2.75, 3.05) is 71.7 Å². The molecule has 11 heteroatoms. The summed E-state index contributed by atoms with van der Waals surface area (Å²) in [6.45, 7) is 2.35. The van der Waals surface area contributed by atoms with E-state index in [1.807, 2.05) is 19.0 Å². The molecule has 2 amide bonds. The second-order valence-electron chi connectivity index (χ2n) is 8.98. The van der Waals surface area contributed by atoms with E-state index < -0.39 is 0 Å². The molecule has 1 heterocycles. The smallest absolute Gasteiger partial charge is 0.246 e. The molecule has 0 unspecified atom stereocenters. The van der Waals surface area contributed by atoms with Crippen molar-refractivity contribution in [3.8, 4) is 11.8 Å². The van der Waals surface area contributed by atoms with Gasteiger partial charge in [0, 0.05) is 58.6 Å². The highest BCUT2D eigenvalue weighted by molar-refractivity contribution is 5.91. The quantitative estimate of drug-likeness (QED) is 0.180. The van der Waals surface area contributed by atoms with Gasteiger partial charge >= 0.3 is 0 Å². The summed E-state index contributed by atoms with van der Waals surface area (Å²) in [5, 5.41) is 9.14. The average molecular weight is 540 g/mol. The molecule has 39 heavy (non-hydrogen) atoms. The Hall–Kier alpha value is -4.01. The standard InChI is InChI=1S/C28H38FN7O3/c1-35(2)18-8-11-26(38)36(3)21-25(37)30-16-7-5-6-10-22-20-32-28(33-24-14-12-23(29)13-15-24)34-27(22)31-17-9-19-39-4/h8,11-15,20H,5,7,9,16-19,21H2,1-4H3,(H,30,37)(H2,31,32,33,34)/b11-8+. The lowest BCUT2D eigenvalue weighted by atomic mass is 10.2. The molecule has 1 aromatic heterocycles. The van der Waals surface area contributed by atoms with Crippen LogP contribution in [0.15, 0.2) is 42.6 Å². The van der Waals surface area contributed by atoms with Crippen molar-refractivity contribution in [1.82, 2.24) is 25.1 Å². The number of carbonyl (C=O) groups excluding carboxylic acids is 2. The molecule has 10 nitrogen and oxygen atoms in total. The van der Waals surface area contributed by atoms with Gasteiger partial charge in [-0.3, -0.25) is 9.59 Å². The Morgan fingerprint density at radius 1 is 1.13 bits per heavy atom. The molecule has 210 valence electrons. The number of methoxy groups -OCH3 is 1. The number of nitrogens with one attached hydrogen (secondary N) is 3. The topological polar surface area (TPSA) is 112 Å². The number of nitrogens with zero attached hydrogens (tertiary/aromatic N) is 4. The molecule has 2 rings (SSSR count). The maximum atomic E-state index is 13.2. The van der Waals surface area contributed by atoms with Crippen LogP contribution in [0.5, 0.6) is 0 Å². The molecule has 0 saturated heterocycles. The normalized spacial score (nSPS) is 10.7. The summed E-state index contributed by atoms with van der Waals surface area (Å²) >= 11 is 0. The summed E-state index contributed by atoms with van der Waals surface area (Å²) in [6, 6.07) is 5.93. The SMILES string of the molecule is COCCCNc1nc(Nc2ccc(F)cc2)ncc1C#CCCCNC(=O)CN(C)C(=O)/C=C/CN(C)C. The first kappa shape index (κ1) is 31.2. The monoisotopic (exact) mass is 539 g/mol. The summed E-state index contributed by atoms with van der Waals surface area (Å²) in [7, 11) is 7.07. The fraction of sp³-hybridized carbons (Fsp3) is 0.429. The number of hydrogen-bond donors (Lipinski definition) is 3. The molecule has 0 atom stereocenters. The molecule has 2 aromatic rings. The van der Waals surface area contributed by atoms with Crippen LogP contribution in [-0.4, -0.2) is 92.6 Å². The van der Waals surface area contributed by atoms with Crippen molar-refractivity contribution in [2.45, 2.75) is 19.3 Å². The second-order valence-corrected chi connectivity index (χ2v) is 8.98. The zero-order chi connectivity index (χ0) is 28.5. The van der Waals surface area contributed by atoms with E-state index in [2.05, 4.69) is 37.8 Å². The third-order valence-electron chi connectivity index (χ3n) is 5.22. The lowest BCUT2D eigenvalue weighted by molar-refractivity contribution is -0.131. The number of aromatic nitrogens is 2. The molecule has 0 bridgehead atoms. The van der Waals surface area contributed by atoms with Gasteiger partial charge in [0.15, 0.2) is 0 Å². The highest BCUT2D eigenvalue weighted by Gasteiger charge is 2.10. The van der Waals surface area contributed by atoms with E-state index >= 15 is 0 Å². The number of halogens is 1. The predicted molar refractivity (Wildman–Crippen MR) is 151 cm³/mol. The van der Waals surface area contributed by atoms with Crippen molar-refractivity contribution in [3.63, 3.8) is 0 Å². The van der Waals surface area contributed by atoms with Gasteiger partial charge in [0.1, 0.15) is 11.6 Å². The average Bonchev–Trinajstić information content (AvgIpc) is 2.90. The first-order valence-corrected chi connectivity index (χ1v) is 12.7. The third-order valence-corrected chi connectivity index (χ3v) is 5.22. The van der Waals surface area contributed by atoms with Crippen LogP contribution in [0.3, 0.4) is 0 Å². The molecule has 0 spiro atoms. The maximum absolute atomic E-state index is 13.2. The van der Waals surface area contributed by atoms with Crippen molar-refractivity contribution in [1.29, 1.82) is 0 Å². The fourth-order valence-corrected chi connectivity index (χ4v) is 3.16. The number of ether oxygens (including phenoxy) is 1. The van der Waals surface area contributed by atoms with Crippen molar-refractivity contribution in [3.05, 3.63) is 54.0 Å². The summed E-state index contributed by atoms with van der Waals surface area (Å²) in [5.74, 6) is 6.37. The van der Waals surface area contributed by atoms with E-state index in [-0.39, 0.29) is 24.2 Å². The van der Waals surface area contributed by atoms with Gasteiger partial charge in [-0.15, -0.1) is 0 Å². The third kappa shape index (κ3) is 12.9. The fourth-order valence-electron chi connectivity index (χ4n) is 3.16. The summed E-state index contributed by atoms with van der Waals surface area (Å²) in [5.41, 5.74) is 1.31. The second kappa shape index (κ2) is 17.5. The van der Waals surface area contributed by atoms with Gasteiger partial charge in [-0.1, -0.05) is 17.9 Å². The van der Waals surface area contributed by atoms with E-state index in [0.717, 1.165) is 6.42 Å². The van der Waals surface area contributed by atoms with Gasteiger partial charge in [0.05, 0.1) is 18.3 Å². The largest absolute Gasteiger partial charge is 0.385 e. The van der Waals surface area contributed by atoms with Crippen LogP contribution in [0.4, 0.5) is 21.8 Å². The predicted octanol–water partition coefficient (Wildman–Crippen LogP) is 2.63. The molecule has 0 radical (unpaired) electrons. The minimum absolute atomic E-state index is 0.00936. The first-order valence-electron chi connectivity index (χ1n) is 12.7. The van der Waals surface area contributed by atoms with Gasteiger partial charge < -0.3 is 30.5 Å². The number of anilines is 3. The van der Waals surface area contributed by atoms with Crippen LogP contribution >= 0.6 is 0 Å². The molecule has 1 aromatic carbocycles. The van der Waals surface area contributed by atoms with E-state index in [1.54, 1.807) is 38.6 Å². The van der Waals surface area contributed by atoms with E-state index in [9.17, 15) is 14.0 Å². The molecule has 0 aliphatic rings. The summed E-state index contributed by atoms with van der Waals surface area (Å²) < 4.78 is 18.3. The Balaban J connectivity index is 1.86. The molecule has 0 aliphatic carbocycles. The van der Waals surface area contributed by atoms with Crippen molar-refractivity contribution < 1.29 is 18.7 Å². The van der Waals surface area contributed by atoms with Gasteiger partial charge in [-0.2, -0.15) is 4.98 Å². The Labute approximate surface area is 230 Å². The van der Waals surface area contributed by atoms with Crippen molar-refractivity contribution >= 4 is 29.3 Å². The lowest BCUT2D eigenvalue weighted by Crippen LogP contribution is -2.38. The van der Waals surface area contributed by atoms with E-state index in [4.69, 9.17) is 4.74 Å². The van der Waals surface area contributed by atoms with Crippen LogP contribution in [-0.2, 0) is 14.3 Å². The molecular formula is C28H38FN7O3. The van der Waals surface area contributed by atoms with Gasteiger partial charge in [-0.05, 0) is 51.2 Å². The number of likely N-dealkylation sites (N-methyl/N-ethyl adjacent to an activating group) is 2. The van der Waals surface area contributed by atoms with E-state index in [1.165, 1.54) is 23.1 Å². The number of benzene rings is 1. The van der Waals surface area contributed by atoms with Crippen LogP contribution in [0, 0.1) is 17.7 Å². The van der Waals surface area contributed by atoms with Gasteiger partial charge in [-0.25, -0.2) is 9.37 Å². The number of amides is 2. The van der Waals surface area contributed by atoms with Gasteiger partial charge in [0.2, 0.25) is 17.8 Å². The van der Waals surface area contributed by atoms with E-state index in [0.29, 0.717) is 62.1 Å². The number of rotatable bonds is 15. The molecule has 0 aliphatic heterocycles. The summed E-state index contributed by atoms with van der Waals surface area (Å²) in [4.78, 5) is 36.3. The Bertz CT molecular complexity index is 1140. The zero-order valence-corrected chi connectivity index (χ0v) is 23.1. The number of unbranched alkanes of at least 4 members (excludes halogenated alkanes) is 1. The van der Waals surface area contributed by atoms with Crippen LogP contribution in [0.1, 0.15) is 24.8 Å². The molecule has 0 saturated carbocycles. The summed E-state index contributed by atoms with van der Waals surface area (Å²) in [6.07, 6.45) is 6.87. The molecule has 0 fully saturated rings. The number of carbonyl (C=O) groups is 2. The minimum atomic E-state index is -0.321. The van der Waals surface area contributed by atoms with Crippen LogP contribution in [0.2, 0.25) is 0 Å². The highest BCUT2D eigenvalue weighted by atomic mass is 19.1. The van der Waals surface area contributed by atoms with Gasteiger partial charge in [0.25, 0.3) is 0 Å². The first-order chi connectivity index (χ1) is 18.8. The lowest BCUT2D eigenvalue weighted by Gasteiger charge is -2.14. The zero-order valence-electron chi connectivity index (χ0n) is 23.1. The Morgan fingerprint density at radius 2 is 1.90 bits per heavy atom. The Morgan fingerprint density at radius 3 is 2.62 bits per heavy atom.